The second kappa shape index (κ2) is 5.31. The van der Waals surface area contributed by atoms with Gasteiger partial charge in [0.25, 0.3) is 0 Å². The molecule has 0 radical (unpaired) electrons. The molecule has 1 aliphatic heterocycles. The quantitative estimate of drug-likeness (QED) is 0.883. The smallest absolute Gasteiger partial charge is 0.164 e. The van der Waals surface area contributed by atoms with Gasteiger partial charge in [0.15, 0.2) is 5.78 Å². The maximum Gasteiger partial charge on any atom is 0.164 e. The van der Waals surface area contributed by atoms with Crippen LogP contribution in [0.15, 0.2) is 47.1 Å². The average Bonchev–Trinajstić information content (AvgIpc) is 3.06. The summed E-state index contributed by atoms with van der Waals surface area (Å²) in [7, 11) is 0. The van der Waals surface area contributed by atoms with E-state index in [1.165, 1.54) is 10.4 Å². The third kappa shape index (κ3) is 1.94. The highest BCUT2D eigenvalue weighted by atomic mass is 32.1. The Balaban J connectivity index is 2.04. The molecule has 0 saturated carbocycles. The Morgan fingerprint density at radius 3 is 2.87 bits per heavy atom. The van der Waals surface area contributed by atoms with E-state index >= 15 is 0 Å². The Morgan fingerprint density at radius 1 is 1.35 bits per heavy atom. The molecule has 118 valence electrons. The van der Waals surface area contributed by atoms with E-state index in [0.29, 0.717) is 5.78 Å². The number of hydrogen-bond acceptors (Lipinski definition) is 4. The molecule has 1 aliphatic carbocycles. The van der Waals surface area contributed by atoms with Gasteiger partial charge in [0.1, 0.15) is 5.82 Å². The molecule has 2 aromatic rings. The zero-order valence-electron chi connectivity index (χ0n) is 13.4. The SMILES string of the molecule is CCC1(c2ccccc2)C2=C(CCC(C)C2=O)Nc2ncsc21. The fourth-order valence-corrected chi connectivity index (χ4v) is 5.08. The number of nitrogens with one attached hydrogen (secondary N) is 1. The van der Waals surface area contributed by atoms with Gasteiger partial charge >= 0.3 is 0 Å². The number of fused-ring (bicyclic) bond motifs is 1. The number of ketones is 1. The number of rotatable bonds is 2. The summed E-state index contributed by atoms with van der Waals surface area (Å²) in [5.41, 5.74) is 4.78. The molecule has 0 amide bonds. The van der Waals surface area contributed by atoms with Crippen LogP contribution in [0.5, 0.6) is 0 Å². The lowest BCUT2D eigenvalue weighted by atomic mass is 9.64. The van der Waals surface area contributed by atoms with E-state index in [4.69, 9.17) is 0 Å². The van der Waals surface area contributed by atoms with Crippen molar-refractivity contribution in [3.63, 3.8) is 0 Å². The first-order chi connectivity index (χ1) is 11.2. The van der Waals surface area contributed by atoms with Crippen molar-refractivity contribution in [2.24, 2.45) is 5.92 Å². The van der Waals surface area contributed by atoms with Crippen molar-refractivity contribution in [1.82, 2.24) is 4.98 Å². The number of Topliss-reactive ketones (excluding diaryl/α,β-unsaturated/α-hetero) is 1. The van der Waals surface area contributed by atoms with Crippen LogP contribution in [-0.4, -0.2) is 10.8 Å². The summed E-state index contributed by atoms with van der Waals surface area (Å²) < 4.78 is 0. The van der Waals surface area contributed by atoms with Crippen molar-refractivity contribution < 1.29 is 4.79 Å². The number of benzene rings is 1. The summed E-state index contributed by atoms with van der Waals surface area (Å²) in [6.45, 7) is 4.23. The van der Waals surface area contributed by atoms with E-state index in [-0.39, 0.29) is 11.3 Å². The first-order valence-corrected chi connectivity index (χ1v) is 9.10. The molecule has 23 heavy (non-hydrogen) atoms. The summed E-state index contributed by atoms with van der Waals surface area (Å²) in [5.74, 6) is 1.32. The first-order valence-electron chi connectivity index (χ1n) is 8.22. The van der Waals surface area contributed by atoms with Gasteiger partial charge in [0, 0.05) is 17.2 Å². The van der Waals surface area contributed by atoms with Crippen LogP contribution in [0.1, 0.15) is 43.6 Å². The molecule has 3 nitrogen and oxygen atoms in total. The lowest BCUT2D eigenvalue weighted by molar-refractivity contribution is -0.120. The number of nitrogens with zero attached hydrogens (tertiary/aromatic N) is 1. The van der Waals surface area contributed by atoms with E-state index in [2.05, 4.69) is 48.4 Å². The Labute approximate surface area is 140 Å². The highest BCUT2D eigenvalue weighted by Gasteiger charge is 2.49. The molecular weight excluding hydrogens is 304 g/mol. The van der Waals surface area contributed by atoms with Crippen molar-refractivity contribution in [1.29, 1.82) is 0 Å². The molecule has 4 rings (SSSR count). The van der Waals surface area contributed by atoms with Crippen LogP contribution >= 0.6 is 11.3 Å². The minimum Gasteiger partial charge on any atom is -0.342 e. The summed E-state index contributed by atoms with van der Waals surface area (Å²) >= 11 is 1.65. The van der Waals surface area contributed by atoms with Gasteiger partial charge < -0.3 is 5.32 Å². The van der Waals surface area contributed by atoms with Gasteiger partial charge in [-0.15, -0.1) is 11.3 Å². The molecule has 2 heterocycles. The highest BCUT2D eigenvalue weighted by Crippen LogP contribution is 2.53. The molecule has 4 heteroatoms. The van der Waals surface area contributed by atoms with E-state index in [0.717, 1.165) is 36.4 Å². The fourth-order valence-electron chi connectivity index (χ4n) is 4.04. The first kappa shape index (κ1) is 14.6. The minimum atomic E-state index is -0.357. The van der Waals surface area contributed by atoms with Crippen LogP contribution in [0, 0.1) is 5.92 Å². The molecule has 2 unspecified atom stereocenters. The summed E-state index contributed by atoms with van der Waals surface area (Å²) in [4.78, 5) is 18.8. The van der Waals surface area contributed by atoms with Gasteiger partial charge in [-0.3, -0.25) is 4.79 Å². The predicted molar refractivity (Wildman–Crippen MR) is 93.7 cm³/mol. The summed E-state index contributed by atoms with van der Waals surface area (Å²) in [6.07, 6.45) is 2.71. The molecule has 1 aromatic carbocycles. The molecule has 0 spiro atoms. The molecule has 1 N–H and O–H groups in total. The van der Waals surface area contributed by atoms with Crippen LogP contribution in [-0.2, 0) is 10.2 Å². The maximum atomic E-state index is 13.1. The number of carbonyl (C=O) groups excluding carboxylic acids is 1. The van der Waals surface area contributed by atoms with Crippen molar-refractivity contribution >= 4 is 22.9 Å². The third-order valence-corrected chi connectivity index (χ3v) is 6.26. The lowest BCUT2D eigenvalue weighted by Gasteiger charge is -2.42. The topological polar surface area (TPSA) is 42.0 Å². The molecule has 1 aromatic heterocycles. The monoisotopic (exact) mass is 324 g/mol. The summed E-state index contributed by atoms with van der Waals surface area (Å²) in [6, 6.07) is 10.5. The van der Waals surface area contributed by atoms with Gasteiger partial charge in [-0.1, -0.05) is 44.2 Å². The van der Waals surface area contributed by atoms with Crippen LogP contribution in [0.2, 0.25) is 0 Å². The van der Waals surface area contributed by atoms with Crippen LogP contribution < -0.4 is 5.32 Å². The number of thiazole rings is 1. The highest BCUT2D eigenvalue weighted by molar-refractivity contribution is 7.10. The van der Waals surface area contributed by atoms with Crippen molar-refractivity contribution in [2.75, 3.05) is 5.32 Å². The van der Waals surface area contributed by atoms with E-state index in [1.807, 2.05) is 11.6 Å². The van der Waals surface area contributed by atoms with Gasteiger partial charge in [-0.25, -0.2) is 4.98 Å². The Kier molecular flexibility index (Phi) is 3.38. The lowest BCUT2D eigenvalue weighted by Crippen LogP contribution is -2.42. The zero-order chi connectivity index (χ0) is 16.0. The van der Waals surface area contributed by atoms with Gasteiger partial charge in [-0.05, 0) is 24.8 Å². The van der Waals surface area contributed by atoms with Crippen LogP contribution in [0.3, 0.4) is 0 Å². The number of allylic oxidation sites excluding steroid dienone is 2. The zero-order valence-corrected chi connectivity index (χ0v) is 14.2. The number of aromatic nitrogens is 1. The minimum absolute atomic E-state index is 0.0969. The molecule has 0 fully saturated rings. The van der Waals surface area contributed by atoms with Crippen LogP contribution in [0.25, 0.3) is 0 Å². The third-order valence-electron chi connectivity index (χ3n) is 5.27. The normalized spacial score (nSPS) is 26.5. The molecular formula is C19H20N2OS. The van der Waals surface area contributed by atoms with Crippen molar-refractivity contribution in [3.8, 4) is 0 Å². The Bertz CT molecular complexity index is 793. The number of carbonyl (C=O) groups is 1. The molecule has 0 bridgehead atoms. The summed E-state index contributed by atoms with van der Waals surface area (Å²) in [5, 5.41) is 3.45. The van der Waals surface area contributed by atoms with Crippen LogP contribution in [0.4, 0.5) is 5.82 Å². The molecule has 2 aliphatic rings. The Hall–Kier alpha value is -1.94. The van der Waals surface area contributed by atoms with Gasteiger partial charge in [0.05, 0.1) is 15.8 Å². The maximum absolute atomic E-state index is 13.1. The Morgan fingerprint density at radius 2 is 2.13 bits per heavy atom. The predicted octanol–water partition coefficient (Wildman–Crippen LogP) is 4.52. The van der Waals surface area contributed by atoms with E-state index in [9.17, 15) is 4.79 Å². The molecule has 2 atom stereocenters. The largest absolute Gasteiger partial charge is 0.342 e. The fraction of sp³-hybridized carbons (Fsp3) is 0.368. The van der Waals surface area contributed by atoms with Crippen molar-refractivity contribution in [3.05, 3.63) is 57.6 Å². The average molecular weight is 324 g/mol. The van der Waals surface area contributed by atoms with Gasteiger partial charge in [-0.2, -0.15) is 0 Å². The van der Waals surface area contributed by atoms with E-state index in [1.54, 1.807) is 11.3 Å². The van der Waals surface area contributed by atoms with Gasteiger partial charge in [0.2, 0.25) is 0 Å². The second-order valence-corrected chi connectivity index (χ2v) is 7.29. The second-order valence-electron chi connectivity index (χ2n) is 6.44. The van der Waals surface area contributed by atoms with E-state index < -0.39 is 0 Å². The number of anilines is 1. The molecule has 0 saturated heterocycles. The standard InChI is InChI=1S/C19H20N2OS/c1-3-19(13-7-5-4-6-8-13)15-14(10-9-12(2)16(15)22)21-18-17(19)23-11-20-18/h4-8,11-12,21H,3,9-10H2,1-2H3. The van der Waals surface area contributed by atoms with Crippen molar-refractivity contribution in [2.45, 2.75) is 38.5 Å². The number of hydrogen-bond donors (Lipinski definition) is 1.